The van der Waals surface area contributed by atoms with Crippen molar-refractivity contribution in [1.82, 2.24) is 0 Å². The Morgan fingerprint density at radius 3 is 2.48 bits per heavy atom. The van der Waals surface area contributed by atoms with E-state index in [1.165, 1.54) is 0 Å². The molecule has 21 heavy (non-hydrogen) atoms. The Morgan fingerprint density at radius 2 is 1.76 bits per heavy atom. The molecule has 4 nitrogen and oxygen atoms in total. The van der Waals surface area contributed by atoms with Crippen molar-refractivity contribution in [3.63, 3.8) is 0 Å². The fourth-order valence-electron chi connectivity index (χ4n) is 2.32. The van der Waals surface area contributed by atoms with E-state index in [2.05, 4.69) is 12.1 Å². The van der Waals surface area contributed by atoms with Gasteiger partial charge in [-0.2, -0.15) is 10.5 Å². The maximum Gasteiger partial charge on any atom is 0.231 e. The minimum atomic E-state index is -0.257. The van der Waals surface area contributed by atoms with Gasteiger partial charge in [0.15, 0.2) is 11.5 Å². The average molecular weight is 276 g/mol. The lowest BCUT2D eigenvalue weighted by atomic mass is 9.92. The number of rotatable bonds is 3. The molecule has 102 valence electrons. The third-order valence-corrected chi connectivity index (χ3v) is 3.48. The summed E-state index contributed by atoms with van der Waals surface area (Å²) in [7, 11) is 0. The van der Waals surface area contributed by atoms with Gasteiger partial charge >= 0.3 is 0 Å². The van der Waals surface area contributed by atoms with Crippen molar-refractivity contribution >= 4 is 0 Å². The van der Waals surface area contributed by atoms with Crippen LogP contribution in [0.5, 0.6) is 11.5 Å². The monoisotopic (exact) mass is 276 g/mol. The number of benzene rings is 2. The number of fused-ring (bicyclic) bond motifs is 1. The smallest absolute Gasteiger partial charge is 0.231 e. The van der Waals surface area contributed by atoms with E-state index in [9.17, 15) is 5.26 Å². The molecular weight excluding hydrogens is 264 g/mol. The zero-order chi connectivity index (χ0) is 14.7. The topological polar surface area (TPSA) is 66.0 Å². The highest BCUT2D eigenvalue weighted by molar-refractivity contribution is 5.46. The van der Waals surface area contributed by atoms with Gasteiger partial charge in [-0.25, -0.2) is 0 Å². The summed E-state index contributed by atoms with van der Waals surface area (Å²) in [5, 5.41) is 18.2. The summed E-state index contributed by atoms with van der Waals surface area (Å²) in [5.41, 5.74) is 2.56. The second-order valence-electron chi connectivity index (χ2n) is 4.81. The molecule has 0 spiro atoms. The van der Waals surface area contributed by atoms with Crippen LogP contribution in [0.2, 0.25) is 0 Å². The van der Waals surface area contributed by atoms with E-state index in [1.54, 1.807) is 12.1 Å². The van der Waals surface area contributed by atoms with Gasteiger partial charge in [0, 0.05) is 0 Å². The molecule has 1 heterocycles. The molecule has 4 heteroatoms. The largest absolute Gasteiger partial charge is 0.454 e. The van der Waals surface area contributed by atoms with Crippen molar-refractivity contribution in [2.45, 2.75) is 12.3 Å². The predicted octanol–water partition coefficient (Wildman–Crippen LogP) is 3.14. The standard InChI is InChI=1S/C17H12N2O2/c18-9-13-3-1-12(2-4-13)7-15(10-19)14-5-6-16-17(8-14)21-11-20-16/h1-6,8,15H,7,11H2. The summed E-state index contributed by atoms with van der Waals surface area (Å²) < 4.78 is 10.6. The van der Waals surface area contributed by atoms with Gasteiger partial charge in [0.25, 0.3) is 0 Å². The van der Waals surface area contributed by atoms with Crippen LogP contribution in [0.25, 0.3) is 0 Å². The molecular formula is C17H12N2O2. The van der Waals surface area contributed by atoms with Crippen LogP contribution in [-0.4, -0.2) is 6.79 Å². The normalized spacial score (nSPS) is 13.2. The second-order valence-corrected chi connectivity index (χ2v) is 4.81. The average Bonchev–Trinajstić information content (AvgIpc) is 3.00. The minimum Gasteiger partial charge on any atom is -0.454 e. The van der Waals surface area contributed by atoms with Crippen molar-refractivity contribution in [2.24, 2.45) is 0 Å². The summed E-state index contributed by atoms with van der Waals surface area (Å²) in [5.74, 6) is 1.15. The first-order chi connectivity index (χ1) is 10.3. The van der Waals surface area contributed by atoms with Crippen LogP contribution in [-0.2, 0) is 6.42 Å². The van der Waals surface area contributed by atoms with Crippen molar-refractivity contribution in [3.8, 4) is 23.6 Å². The van der Waals surface area contributed by atoms with Crippen LogP contribution in [0.3, 0.4) is 0 Å². The number of nitrogens with zero attached hydrogens (tertiary/aromatic N) is 2. The summed E-state index contributed by atoms with van der Waals surface area (Å²) in [4.78, 5) is 0. The molecule has 0 radical (unpaired) electrons. The molecule has 1 atom stereocenters. The zero-order valence-electron chi connectivity index (χ0n) is 11.2. The molecule has 1 unspecified atom stereocenters. The Bertz CT molecular complexity index is 739. The third kappa shape index (κ3) is 2.66. The lowest BCUT2D eigenvalue weighted by Crippen LogP contribution is -2.00. The highest BCUT2D eigenvalue weighted by Gasteiger charge is 2.18. The van der Waals surface area contributed by atoms with Crippen LogP contribution in [0.1, 0.15) is 22.6 Å². The minimum absolute atomic E-state index is 0.228. The third-order valence-electron chi connectivity index (χ3n) is 3.48. The first-order valence-corrected chi connectivity index (χ1v) is 6.58. The summed E-state index contributed by atoms with van der Waals surface area (Å²) in [6.07, 6.45) is 0.599. The summed E-state index contributed by atoms with van der Waals surface area (Å²) in [6, 6.07) is 17.3. The van der Waals surface area contributed by atoms with Gasteiger partial charge in [-0.1, -0.05) is 18.2 Å². The van der Waals surface area contributed by atoms with Crippen molar-refractivity contribution in [3.05, 3.63) is 59.2 Å². The molecule has 0 saturated carbocycles. The molecule has 1 aliphatic heterocycles. The van der Waals surface area contributed by atoms with Gasteiger partial charge < -0.3 is 9.47 Å². The van der Waals surface area contributed by atoms with Gasteiger partial charge in [0.2, 0.25) is 6.79 Å². The molecule has 2 aromatic carbocycles. The van der Waals surface area contributed by atoms with Crippen LogP contribution >= 0.6 is 0 Å². The summed E-state index contributed by atoms with van der Waals surface area (Å²) >= 11 is 0. The first-order valence-electron chi connectivity index (χ1n) is 6.58. The van der Waals surface area contributed by atoms with E-state index >= 15 is 0 Å². The van der Waals surface area contributed by atoms with E-state index < -0.39 is 0 Å². The van der Waals surface area contributed by atoms with E-state index in [1.807, 2.05) is 30.3 Å². The van der Waals surface area contributed by atoms with Crippen LogP contribution < -0.4 is 9.47 Å². The number of hydrogen-bond acceptors (Lipinski definition) is 4. The highest BCUT2D eigenvalue weighted by atomic mass is 16.7. The van der Waals surface area contributed by atoms with Crippen LogP contribution in [0.4, 0.5) is 0 Å². The maximum atomic E-state index is 9.42. The van der Waals surface area contributed by atoms with Gasteiger partial charge in [-0.05, 0) is 41.8 Å². The Morgan fingerprint density at radius 1 is 1.00 bits per heavy atom. The Labute approximate surface area is 122 Å². The van der Waals surface area contributed by atoms with Gasteiger partial charge in [0.05, 0.1) is 23.6 Å². The molecule has 0 fully saturated rings. The van der Waals surface area contributed by atoms with E-state index in [0.29, 0.717) is 23.5 Å². The number of hydrogen-bond donors (Lipinski definition) is 0. The SMILES string of the molecule is N#Cc1ccc(CC(C#N)c2ccc3c(c2)OCO3)cc1. The molecule has 0 N–H and O–H groups in total. The number of nitriles is 2. The molecule has 0 bridgehead atoms. The molecule has 0 aromatic heterocycles. The van der Waals surface area contributed by atoms with Crippen molar-refractivity contribution in [1.29, 1.82) is 10.5 Å². The van der Waals surface area contributed by atoms with E-state index in [0.717, 1.165) is 11.1 Å². The van der Waals surface area contributed by atoms with Gasteiger partial charge in [-0.15, -0.1) is 0 Å². The molecule has 3 rings (SSSR count). The van der Waals surface area contributed by atoms with Crippen LogP contribution in [0, 0.1) is 22.7 Å². The first kappa shape index (κ1) is 13.0. The van der Waals surface area contributed by atoms with Gasteiger partial charge in [0.1, 0.15) is 0 Å². The van der Waals surface area contributed by atoms with E-state index in [4.69, 9.17) is 14.7 Å². The number of ether oxygens (including phenoxy) is 2. The summed E-state index contributed by atoms with van der Waals surface area (Å²) in [6.45, 7) is 0.228. The maximum absolute atomic E-state index is 9.42. The molecule has 0 amide bonds. The fraction of sp³-hybridized carbons (Fsp3) is 0.176. The lowest BCUT2D eigenvalue weighted by Gasteiger charge is -2.10. The second kappa shape index (κ2) is 5.56. The van der Waals surface area contributed by atoms with Gasteiger partial charge in [-0.3, -0.25) is 0 Å². The quantitative estimate of drug-likeness (QED) is 0.863. The highest BCUT2D eigenvalue weighted by Crippen LogP contribution is 2.35. The molecule has 0 aliphatic carbocycles. The lowest BCUT2D eigenvalue weighted by molar-refractivity contribution is 0.174. The Balaban J connectivity index is 1.82. The van der Waals surface area contributed by atoms with Crippen LogP contribution in [0.15, 0.2) is 42.5 Å². The Hall–Kier alpha value is -2.98. The zero-order valence-corrected chi connectivity index (χ0v) is 11.2. The fourth-order valence-corrected chi connectivity index (χ4v) is 2.32. The molecule has 2 aromatic rings. The predicted molar refractivity (Wildman–Crippen MR) is 75.8 cm³/mol. The molecule has 0 saturated heterocycles. The Kier molecular flexibility index (Phi) is 3.45. The van der Waals surface area contributed by atoms with Crippen molar-refractivity contribution < 1.29 is 9.47 Å². The molecule has 1 aliphatic rings. The van der Waals surface area contributed by atoms with E-state index in [-0.39, 0.29) is 12.7 Å². The van der Waals surface area contributed by atoms with Crippen molar-refractivity contribution in [2.75, 3.05) is 6.79 Å².